The molecule has 0 spiro atoms. The average molecular weight is 470 g/mol. The minimum absolute atomic E-state index is 0.00947. The molecular weight excluding hydrogens is 452 g/mol. The number of alkyl halides is 3. The predicted octanol–water partition coefficient (Wildman–Crippen LogP) is 5.90. The second-order valence-electron chi connectivity index (χ2n) is 6.81. The Kier molecular flexibility index (Phi) is 8.55. The molecule has 0 fully saturated rings. The maximum atomic E-state index is 12.7. The first-order valence-electron chi connectivity index (χ1n) is 8.06. The van der Waals surface area contributed by atoms with E-state index < -0.39 is 30.5 Å². The van der Waals surface area contributed by atoms with Gasteiger partial charge in [-0.3, -0.25) is 10.1 Å². The minimum atomic E-state index is -4.51. The Bertz CT molecular complexity index is 931. The van der Waals surface area contributed by atoms with Crippen LogP contribution in [0.5, 0.6) is 11.5 Å². The van der Waals surface area contributed by atoms with Crippen molar-refractivity contribution < 1.29 is 37.2 Å². The maximum absolute atomic E-state index is 12.7. The van der Waals surface area contributed by atoms with Crippen LogP contribution in [0.4, 0.5) is 24.5 Å². The third kappa shape index (κ3) is 8.50. The molecule has 0 unspecified atom stereocenters. The molecule has 0 saturated carbocycles. The third-order valence-corrected chi connectivity index (χ3v) is 3.46. The lowest BCUT2D eigenvalue weighted by Crippen LogP contribution is -2.26. The summed E-state index contributed by atoms with van der Waals surface area (Å²) < 4.78 is 52.3. The summed E-state index contributed by atoms with van der Waals surface area (Å²) in [5, 5.41) is 13.9. The highest BCUT2D eigenvalue weighted by atomic mass is 35.5. The van der Waals surface area contributed by atoms with E-state index >= 15 is 0 Å². The van der Waals surface area contributed by atoms with Crippen LogP contribution >= 0.6 is 19.9 Å². The van der Waals surface area contributed by atoms with Gasteiger partial charge in [-0.25, -0.2) is 0 Å². The van der Waals surface area contributed by atoms with E-state index in [0.717, 1.165) is 18.2 Å². The van der Waals surface area contributed by atoms with Gasteiger partial charge in [0.2, 0.25) is 0 Å². The Balaban J connectivity index is 0.00000103. The molecule has 0 amide bonds. The summed E-state index contributed by atoms with van der Waals surface area (Å²) in [6.45, 7) is 5.49. The van der Waals surface area contributed by atoms with Crippen molar-refractivity contribution in [3.05, 3.63) is 57.1 Å². The zero-order chi connectivity index (χ0) is 23.3. The highest BCUT2D eigenvalue weighted by molar-refractivity contribution is 7.30. The van der Waals surface area contributed by atoms with Crippen molar-refractivity contribution in [2.75, 3.05) is 5.32 Å². The van der Waals surface area contributed by atoms with Crippen LogP contribution in [-0.2, 0) is 10.7 Å². The summed E-state index contributed by atoms with van der Waals surface area (Å²) in [7, 11) is -2.87. The number of nitro groups is 1. The average Bonchev–Trinajstić information content (AvgIpc) is 2.53. The van der Waals surface area contributed by atoms with Crippen LogP contribution in [0.1, 0.15) is 26.3 Å². The van der Waals surface area contributed by atoms with Gasteiger partial charge in [0.25, 0.3) is 5.69 Å². The quantitative estimate of drug-likeness (QED) is 0.289. The molecule has 0 bridgehead atoms. The SMILES string of the molecule is CC(C)(C)Nc1cc(Oc2ccc(C(F)(F)F)cc2Cl)ccc1[N+](=O)[O-].O=[P+](O)O. The smallest absolute Gasteiger partial charge is 0.456 e. The van der Waals surface area contributed by atoms with E-state index in [0.29, 0.717) is 0 Å². The molecule has 2 aromatic rings. The van der Waals surface area contributed by atoms with E-state index in [9.17, 15) is 23.3 Å². The molecule has 164 valence electrons. The van der Waals surface area contributed by atoms with Gasteiger partial charge in [-0.2, -0.15) is 13.2 Å². The number of benzene rings is 2. The van der Waals surface area contributed by atoms with Crippen molar-refractivity contribution in [1.29, 1.82) is 0 Å². The molecular formula is C17H18ClF3N2O6P+. The lowest BCUT2D eigenvalue weighted by molar-refractivity contribution is -0.384. The number of ether oxygens (including phenoxy) is 1. The second kappa shape index (κ2) is 10.0. The largest absolute Gasteiger partial charge is 0.692 e. The van der Waals surface area contributed by atoms with Crippen molar-refractivity contribution in [2.45, 2.75) is 32.5 Å². The summed E-state index contributed by atoms with van der Waals surface area (Å²) >= 11 is 5.86. The number of nitrogens with one attached hydrogen (secondary N) is 1. The summed E-state index contributed by atoms with van der Waals surface area (Å²) in [5.74, 6) is 0.208. The van der Waals surface area contributed by atoms with Gasteiger partial charge in [0.15, 0.2) is 0 Å². The van der Waals surface area contributed by atoms with Gasteiger partial charge < -0.3 is 10.1 Å². The number of rotatable bonds is 4. The molecule has 0 aliphatic carbocycles. The monoisotopic (exact) mass is 469 g/mol. The summed E-state index contributed by atoms with van der Waals surface area (Å²) in [6.07, 6.45) is -4.51. The van der Waals surface area contributed by atoms with Crippen LogP contribution < -0.4 is 10.1 Å². The fraction of sp³-hybridized carbons (Fsp3) is 0.294. The lowest BCUT2D eigenvalue weighted by Gasteiger charge is -2.22. The van der Waals surface area contributed by atoms with E-state index in [1.807, 2.05) is 20.8 Å². The molecule has 0 heterocycles. The number of nitrogens with zero attached hydrogens (tertiary/aromatic N) is 1. The highest BCUT2D eigenvalue weighted by Crippen LogP contribution is 2.38. The Morgan fingerprint density at radius 2 is 1.70 bits per heavy atom. The lowest BCUT2D eigenvalue weighted by atomic mass is 10.1. The van der Waals surface area contributed by atoms with Gasteiger partial charge >= 0.3 is 14.4 Å². The van der Waals surface area contributed by atoms with Crippen LogP contribution in [0.15, 0.2) is 36.4 Å². The Labute approximate surface area is 175 Å². The van der Waals surface area contributed by atoms with E-state index in [4.69, 9.17) is 30.7 Å². The number of halogens is 4. The normalized spacial score (nSPS) is 11.2. The van der Waals surface area contributed by atoms with Gasteiger partial charge in [0.05, 0.1) is 15.5 Å². The zero-order valence-electron chi connectivity index (χ0n) is 15.9. The molecule has 8 nitrogen and oxygen atoms in total. The molecule has 0 aliphatic rings. The minimum Gasteiger partial charge on any atom is -0.456 e. The van der Waals surface area contributed by atoms with Crippen LogP contribution in [-0.4, -0.2) is 20.2 Å². The zero-order valence-corrected chi connectivity index (χ0v) is 17.5. The molecule has 0 saturated heterocycles. The summed E-state index contributed by atoms with van der Waals surface area (Å²) in [6, 6.07) is 6.71. The van der Waals surface area contributed by atoms with E-state index in [1.165, 1.54) is 18.2 Å². The summed E-state index contributed by atoms with van der Waals surface area (Å²) in [4.78, 5) is 24.9. The van der Waals surface area contributed by atoms with Crippen LogP contribution in [0.3, 0.4) is 0 Å². The maximum Gasteiger partial charge on any atom is 0.692 e. The van der Waals surface area contributed by atoms with Crippen molar-refractivity contribution in [1.82, 2.24) is 0 Å². The molecule has 0 aromatic heterocycles. The fourth-order valence-electron chi connectivity index (χ4n) is 2.13. The number of hydrogen-bond donors (Lipinski definition) is 3. The Hall–Kier alpha value is -2.46. The first-order chi connectivity index (χ1) is 13.6. The van der Waals surface area contributed by atoms with Crippen LogP contribution in [0.25, 0.3) is 0 Å². The molecule has 2 aromatic carbocycles. The molecule has 0 radical (unpaired) electrons. The van der Waals surface area contributed by atoms with Crippen molar-refractivity contribution >= 4 is 31.2 Å². The predicted molar refractivity (Wildman–Crippen MR) is 105 cm³/mol. The van der Waals surface area contributed by atoms with Crippen LogP contribution in [0, 0.1) is 10.1 Å². The van der Waals surface area contributed by atoms with Gasteiger partial charge in [0.1, 0.15) is 17.2 Å². The molecule has 3 N–H and O–H groups in total. The van der Waals surface area contributed by atoms with Crippen molar-refractivity contribution in [2.24, 2.45) is 0 Å². The molecule has 0 aliphatic heterocycles. The number of nitro benzene ring substituents is 1. The summed E-state index contributed by atoms with van der Waals surface area (Å²) in [5.41, 5.74) is -1.27. The van der Waals surface area contributed by atoms with Gasteiger partial charge in [-0.15, -0.1) is 9.79 Å². The van der Waals surface area contributed by atoms with Crippen LogP contribution in [0.2, 0.25) is 5.02 Å². The Morgan fingerprint density at radius 3 is 2.13 bits per heavy atom. The van der Waals surface area contributed by atoms with Crippen molar-refractivity contribution in [3.63, 3.8) is 0 Å². The molecule has 30 heavy (non-hydrogen) atoms. The van der Waals surface area contributed by atoms with Gasteiger partial charge in [-0.05, 0) is 45.0 Å². The molecule has 2 rings (SSSR count). The highest BCUT2D eigenvalue weighted by Gasteiger charge is 2.31. The van der Waals surface area contributed by atoms with Gasteiger partial charge in [0, 0.05) is 22.2 Å². The standard InChI is InChI=1S/C17H16ClF3N2O3.HO3P/c1-16(2,3)22-13-9-11(5-6-14(13)23(24)25)26-15-7-4-10(8-12(15)18)17(19,20)21;1-4(2)3/h4-9,22H,1-3H3;(H-,1,2,3)/p+1. The Morgan fingerprint density at radius 1 is 1.13 bits per heavy atom. The van der Waals surface area contributed by atoms with Gasteiger partial charge in [-0.1, -0.05) is 11.6 Å². The third-order valence-electron chi connectivity index (χ3n) is 3.16. The van der Waals surface area contributed by atoms with E-state index in [1.54, 1.807) is 0 Å². The number of anilines is 1. The number of hydrogen-bond acceptors (Lipinski definition) is 5. The first-order valence-corrected chi connectivity index (χ1v) is 9.60. The topological polar surface area (TPSA) is 122 Å². The van der Waals surface area contributed by atoms with E-state index in [2.05, 4.69) is 5.32 Å². The van der Waals surface area contributed by atoms with Crippen molar-refractivity contribution in [3.8, 4) is 11.5 Å². The second-order valence-corrected chi connectivity index (χ2v) is 7.72. The molecule has 13 heteroatoms. The molecule has 0 atom stereocenters. The fourth-order valence-corrected chi connectivity index (χ4v) is 2.35. The van der Waals surface area contributed by atoms with E-state index in [-0.39, 0.29) is 27.9 Å². The first kappa shape index (κ1) is 25.6.